The number of nitrogens with one attached hydrogen (secondary N) is 1. The van der Waals surface area contributed by atoms with Crippen LogP contribution in [0.25, 0.3) is 11.0 Å². The van der Waals surface area contributed by atoms with Crippen LogP contribution >= 0.6 is 0 Å². The van der Waals surface area contributed by atoms with Crippen LogP contribution in [0.4, 0.5) is 0 Å². The van der Waals surface area contributed by atoms with E-state index < -0.39 is 5.97 Å². The van der Waals surface area contributed by atoms with E-state index in [-0.39, 0.29) is 17.2 Å². The molecule has 0 aliphatic carbocycles. The Labute approximate surface area is 369 Å². The van der Waals surface area contributed by atoms with Gasteiger partial charge in [0.2, 0.25) is 0 Å². The molecule has 1 aliphatic rings. The third kappa shape index (κ3) is 10.1. The number of imidazole rings is 1. The Morgan fingerprint density at radius 3 is 1.89 bits per heavy atom. The van der Waals surface area contributed by atoms with Gasteiger partial charge in [0.05, 0.1) is 23.7 Å². The van der Waals surface area contributed by atoms with Crippen LogP contribution in [0.5, 0.6) is 0 Å². The highest BCUT2D eigenvalue weighted by Crippen LogP contribution is 2.39. The van der Waals surface area contributed by atoms with Crippen LogP contribution < -0.4 is 11.5 Å². The molecule has 5 N–H and O–H groups in total. The molecule has 8 rings (SSSR count). The summed E-state index contributed by atoms with van der Waals surface area (Å²) < 4.78 is 7.32. The van der Waals surface area contributed by atoms with Gasteiger partial charge in [0.25, 0.3) is 5.91 Å². The van der Waals surface area contributed by atoms with E-state index in [4.69, 9.17) is 26.6 Å². The van der Waals surface area contributed by atoms with Gasteiger partial charge < -0.3 is 25.7 Å². The van der Waals surface area contributed by atoms with E-state index in [0.29, 0.717) is 42.7 Å². The van der Waals surface area contributed by atoms with E-state index in [1.54, 1.807) is 12.1 Å². The van der Waals surface area contributed by atoms with Crippen molar-refractivity contribution in [3.05, 3.63) is 208 Å². The Morgan fingerprint density at radius 2 is 1.27 bits per heavy atom. The monoisotopic (exact) mass is 837 g/mol. The van der Waals surface area contributed by atoms with Crippen molar-refractivity contribution in [1.82, 2.24) is 19.4 Å². The van der Waals surface area contributed by atoms with Gasteiger partial charge in [0.15, 0.2) is 0 Å². The summed E-state index contributed by atoms with van der Waals surface area (Å²) in [4.78, 5) is 36.6. The maximum absolute atomic E-state index is 14.7. The number of aryl methyl sites for hydroxylation is 2. The number of fused-ring (bicyclic) bond motifs is 1. The highest BCUT2D eigenvalue weighted by molar-refractivity contribution is 5.97. The molecule has 0 radical (unpaired) electrons. The lowest BCUT2D eigenvalue weighted by Crippen LogP contribution is -2.44. The first-order valence-electron chi connectivity index (χ1n) is 21.7. The molecule has 0 bridgehead atoms. The van der Waals surface area contributed by atoms with E-state index in [0.717, 1.165) is 84.6 Å². The minimum absolute atomic E-state index is 0.0502. The van der Waals surface area contributed by atoms with Crippen LogP contribution in [0.1, 0.15) is 78.3 Å². The second-order valence-electron chi connectivity index (χ2n) is 16.7. The van der Waals surface area contributed by atoms with E-state index in [9.17, 15) is 9.59 Å². The summed E-state index contributed by atoms with van der Waals surface area (Å²) in [7, 11) is 1.36. The molecular weight excluding hydrogens is 783 g/mol. The topological polar surface area (TPSA) is 144 Å². The van der Waals surface area contributed by atoms with Gasteiger partial charge in [-0.05, 0) is 96.1 Å². The second kappa shape index (κ2) is 19.4. The number of amides is 1. The van der Waals surface area contributed by atoms with Crippen LogP contribution in [0, 0.1) is 5.41 Å². The minimum atomic E-state index is -0.407. The van der Waals surface area contributed by atoms with Crippen molar-refractivity contribution in [2.24, 2.45) is 11.5 Å². The zero-order valence-corrected chi connectivity index (χ0v) is 35.9. The molecule has 63 heavy (non-hydrogen) atoms. The fourth-order valence-corrected chi connectivity index (χ4v) is 8.87. The molecule has 10 heteroatoms. The first-order valence-corrected chi connectivity index (χ1v) is 21.7. The molecule has 1 amide bonds. The van der Waals surface area contributed by atoms with E-state index in [2.05, 4.69) is 76.2 Å². The lowest BCUT2D eigenvalue weighted by molar-refractivity contribution is 0.0600. The quantitative estimate of drug-likeness (QED) is 0.0504. The van der Waals surface area contributed by atoms with Gasteiger partial charge in [-0.1, -0.05) is 121 Å². The average molecular weight is 838 g/mol. The Morgan fingerprint density at radius 1 is 0.698 bits per heavy atom. The van der Waals surface area contributed by atoms with Gasteiger partial charge in [-0.15, -0.1) is 0 Å². The zero-order valence-electron chi connectivity index (χ0n) is 35.9. The highest BCUT2D eigenvalue weighted by Gasteiger charge is 2.38. The van der Waals surface area contributed by atoms with Crippen molar-refractivity contribution in [1.29, 1.82) is 5.41 Å². The van der Waals surface area contributed by atoms with Crippen LogP contribution in [-0.4, -0.2) is 57.3 Å². The number of rotatable bonds is 16. The maximum atomic E-state index is 14.7. The van der Waals surface area contributed by atoms with Crippen LogP contribution in [0.2, 0.25) is 0 Å². The van der Waals surface area contributed by atoms with E-state index >= 15 is 0 Å². The van der Waals surface area contributed by atoms with Crippen molar-refractivity contribution in [3.63, 3.8) is 0 Å². The molecule has 320 valence electrons. The molecule has 0 unspecified atom stereocenters. The Balaban J connectivity index is 1.13. The number of aromatic nitrogens is 2. The molecule has 1 aromatic heterocycles. The number of piperidine rings is 1. The Hall–Kier alpha value is -6.88. The summed E-state index contributed by atoms with van der Waals surface area (Å²) in [5, 5.41) is 7.86. The summed E-state index contributed by atoms with van der Waals surface area (Å²) in [6.45, 7) is 4.79. The summed E-state index contributed by atoms with van der Waals surface area (Å²) in [6, 6.07) is 50.7. The molecule has 1 fully saturated rings. The number of nitrogens with zero attached hydrogens (tertiary/aromatic N) is 4. The SMILES string of the molecule is COC(=O)c1ccc(CN(Cc2ccc(CN)cc2)C(=O)c2ccc3c(c2)nc(CCc2ccc(C(=N)N)cc2)n3CC2(c3ccccc3)CCN(Cc3ccccc3)CC2)cc1. The largest absolute Gasteiger partial charge is 0.465 e. The van der Waals surface area contributed by atoms with E-state index in [1.165, 1.54) is 18.2 Å². The standard InChI is InChI=1S/C53H55N7O3/c1-63-52(62)44-23-18-42(19-24-44)36-59(35-41-14-12-39(33-54)13-15-41)51(61)45-25-26-48-47(32-45)57-49(27-20-38-16-21-43(22-17-38)50(55)56)60(48)37-53(46-10-6-3-7-11-46)28-30-58(31-29-53)34-40-8-4-2-5-9-40/h2-19,21-26,32H,20,27-31,33-37,54H2,1H3,(H3,55,56). The first-order chi connectivity index (χ1) is 30.7. The van der Waals surface area contributed by atoms with Crippen LogP contribution in [-0.2, 0) is 55.7 Å². The number of carbonyl (C=O) groups is 2. The molecule has 7 aromatic rings. The molecule has 0 saturated carbocycles. The predicted octanol–water partition coefficient (Wildman–Crippen LogP) is 8.43. The zero-order chi connectivity index (χ0) is 43.8. The fraction of sp³-hybridized carbons (Fsp3) is 0.245. The number of ether oxygens (including phenoxy) is 1. The van der Waals surface area contributed by atoms with Gasteiger partial charge in [-0.3, -0.25) is 15.1 Å². The molecule has 1 saturated heterocycles. The number of carbonyl (C=O) groups excluding carboxylic acids is 2. The smallest absolute Gasteiger partial charge is 0.337 e. The van der Waals surface area contributed by atoms with Gasteiger partial charge in [-0.25, -0.2) is 9.78 Å². The third-order valence-electron chi connectivity index (χ3n) is 12.6. The van der Waals surface area contributed by atoms with Crippen molar-refractivity contribution < 1.29 is 14.3 Å². The molecule has 0 atom stereocenters. The van der Waals surface area contributed by atoms with Gasteiger partial charge >= 0.3 is 5.97 Å². The van der Waals surface area contributed by atoms with Crippen molar-refractivity contribution >= 4 is 28.7 Å². The lowest BCUT2D eigenvalue weighted by atomic mass is 9.72. The number of esters is 1. The molecular formula is C53H55N7O3. The number of hydrogen-bond acceptors (Lipinski definition) is 7. The number of likely N-dealkylation sites (tertiary alicyclic amines) is 1. The van der Waals surface area contributed by atoms with Gasteiger partial charge in [0.1, 0.15) is 11.7 Å². The van der Waals surface area contributed by atoms with Crippen molar-refractivity contribution in [2.45, 2.75) is 63.8 Å². The normalized spacial score (nSPS) is 13.7. The van der Waals surface area contributed by atoms with Crippen LogP contribution in [0.15, 0.2) is 152 Å². The van der Waals surface area contributed by atoms with Crippen molar-refractivity contribution in [3.8, 4) is 0 Å². The molecule has 10 nitrogen and oxygen atoms in total. The third-order valence-corrected chi connectivity index (χ3v) is 12.6. The van der Waals surface area contributed by atoms with E-state index in [1.807, 2.05) is 77.7 Å². The number of nitrogens with two attached hydrogens (primary N) is 2. The maximum Gasteiger partial charge on any atom is 0.337 e. The molecule has 0 spiro atoms. The summed E-state index contributed by atoms with van der Waals surface area (Å²) in [5.41, 5.74) is 21.7. The first kappa shape index (κ1) is 42.8. The number of nitrogen functional groups attached to an aromatic ring is 1. The summed E-state index contributed by atoms with van der Waals surface area (Å²) >= 11 is 0. The second-order valence-corrected chi connectivity index (χ2v) is 16.7. The lowest BCUT2D eigenvalue weighted by Gasteiger charge is -2.43. The minimum Gasteiger partial charge on any atom is -0.465 e. The molecule has 2 heterocycles. The van der Waals surface area contributed by atoms with Gasteiger partial charge in [0, 0.05) is 55.7 Å². The predicted molar refractivity (Wildman–Crippen MR) is 249 cm³/mol. The molecule has 6 aromatic carbocycles. The summed E-state index contributed by atoms with van der Waals surface area (Å²) in [6.07, 6.45) is 3.43. The number of methoxy groups -OCH3 is 1. The Bertz CT molecular complexity index is 2650. The summed E-state index contributed by atoms with van der Waals surface area (Å²) in [5.74, 6) is 0.491. The number of amidine groups is 1. The van der Waals surface area contributed by atoms with Gasteiger partial charge in [-0.2, -0.15) is 0 Å². The van der Waals surface area contributed by atoms with Crippen LogP contribution in [0.3, 0.4) is 0 Å². The Kier molecular flexibility index (Phi) is 13.2. The van der Waals surface area contributed by atoms with Crippen molar-refractivity contribution in [2.75, 3.05) is 20.2 Å². The fourth-order valence-electron chi connectivity index (χ4n) is 8.87. The highest BCUT2D eigenvalue weighted by atomic mass is 16.5. The average Bonchev–Trinajstić information content (AvgIpc) is 3.67. The molecule has 1 aliphatic heterocycles. The number of hydrogen-bond donors (Lipinski definition) is 3. The number of benzene rings is 6.